The van der Waals surface area contributed by atoms with Crippen LogP contribution in [0.15, 0.2) is 24.3 Å². The minimum absolute atomic E-state index is 0. The van der Waals surface area contributed by atoms with E-state index in [2.05, 4.69) is 50.0 Å². The summed E-state index contributed by atoms with van der Waals surface area (Å²) in [5.74, 6) is 0.981. The standard InChI is InChI=1S/C8H12.C6H3.Ir/c1-2-4-6-8-7-5-3-1;1-6-4-2-3-5-6;/h1-2,7-8H,3-6H2;1H3;/b2-1-,8-7-;;. The third kappa shape index (κ3) is 9.08. The van der Waals surface area contributed by atoms with Crippen LogP contribution in [-0.2, 0) is 20.1 Å². The SMILES string of the molecule is C1=C\CC/C=C\CC/1.C[C]1[C][C][C][C]1.[Ir]. The molecule has 80 valence electrons. The van der Waals surface area contributed by atoms with Gasteiger partial charge in [0.15, 0.2) is 0 Å². The van der Waals surface area contributed by atoms with Crippen molar-refractivity contribution in [3.8, 4) is 0 Å². The van der Waals surface area contributed by atoms with E-state index < -0.39 is 0 Å². The summed E-state index contributed by atoms with van der Waals surface area (Å²) < 4.78 is 0. The maximum atomic E-state index is 2.76. The molecule has 2 aliphatic rings. The fourth-order valence-corrected chi connectivity index (χ4v) is 1.14. The van der Waals surface area contributed by atoms with Crippen LogP contribution in [0.5, 0.6) is 0 Å². The Kier molecular flexibility index (Phi) is 10.7. The van der Waals surface area contributed by atoms with E-state index in [0.29, 0.717) is 0 Å². The molecule has 2 aliphatic carbocycles. The van der Waals surface area contributed by atoms with Crippen molar-refractivity contribution in [3.05, 3.63) is 55.9 Å². The van der Waals surface area contributed by atoms with E-state index in [-0.39, 0.29) is 20.1 Å². The molecule has 1 saturated carbocycles. The molecule has 0 aromatic rings. The van der Waals surface area contributed by atoms with E-state index in [1.165, 1.54) is 25.7 Å². The van der Waals surface area contributed by atoms with Crippen molar-refractivity contribution in [2.24, 2.45) is 0 Å². The molecule has 0 heterocycles. The molecule has 0 unspecified atom stereocenters. The van der Waals surface area contributed by atoms with Gasteiger partial charge in [-0.3, -0.25) is 0 Å². The predicted molar refractivity (Wildman–Crippen MR) is 58.6 cm³/mol. The average Bonchev–Trinajstić information content (AvgIpc) is 2.55. The van der Waals surface area contributed by atoms with Crippen LogP contribution in [0.3, 0.4) is 0 Å². The zero-order valence-electron chi connectivity index (χ0n) is 8.97. The van der Waals surface area contributed by atoms with Crippen LogP contribution in [-0.4, -0.2) is 0 Å². The fraction of sp³-hybridized carbons (Fsp3) is 0.357. The summed E-state index contributed by atoms with van der Waals surface area (Å²) in [4.78, 5) is 0. The molecule has 2 rings (SSSR count). The zero-order chi connectivity index (χ0) is 10.1. The van der Waals surface area contributed by atoms with Gasteiger partial charge >= 0.3 is 0 Å². The summed E-state index contributed by atoms with van der Waals surface area (Å²) in [6, 6.07) is 0. The monoisotopic (exact) mass is 376 g/mol. The summed E-state index contributed by atoms with van der Waals surface area (Å²) in [5, 5.41) is 0. The van der Waals surface area contributed by atoms with Crippen LogP contribution in [0, 0.1) is 31.6 Å². The largest absolute Gasteiger partial charge is 0.0882 e. The smallest absolute Gasteiger partial charge is 0 e. The summed E-state index contributed by atoms with van der Waals surface area (Å²) in [7, 11) is 0. The molecular weight excluding hydrogens is 360 g/mol. The number of hydrogen-bond acceptors (Lipinski definition) is 0. The Hall–Kier alpha value is 0.129. The Morgan fingerprint density at radius 2 is 1.13 bits per heavy atom. The molecule has 0 spiro atoms. The topological polar surface area (TPSA) is 0 Å². The molecule has 0 aromatic carbocycles. The third-order valence-electron chi connectivity index (χ3n) is 1.90. The Labute approximate surface area is 109 Å². The number of rotatable bonds is 0. The molecule has 0 bridgehead atoms. The summed E-state index contributed by atoms with van der Waals surface area (Å²) >= 11 is 0. The van der Waals surface area contributed by atoms with Crippen molar-refractivity contribution in [1.82, 2.24) is 0 Å². The van der Waals surface area contributed by atoms with Crippen LogP contribution in [0.2, 0.25) is 0 Å². The predicted octanol–water partition coefficient (Wildman–Crippen LogP) is 3.59. The van der Waals surface area contributed by atoms with E-state index in [1.54, 1.807) is 0 Å². The summed E-state index contributed by atoms with van der Waals surface area (Å²) in [6.45, 7) is 1.91. The van der Waals surface area contributed by atoms with Gasteiger partial charge in [0, 0.05) is 20.1 Å². The van der Waals surface area contributed by atoms with E-state index >= 15 is 0 Å². The van der Waals surface area contributed by atoms with Gasteiger partial charge in [-0.2, -0.15) is 0 Å². The van der Waals surface area contributed by atoms with Gasteiger partial charge in [0.05, 0.1) is 0 Å². The average molecular weight is 375 g/mol. The third-order valence-corrected chi connectivity index (χ3v) is 1.90. The van der Waals surface area contributed by atoms with Gasteiger partial charge < -0.3 is 0 Å². The molecule has 0 N–H and O–H groups in total. The molecule has 1 heteroatoms. The van der Waals surface area contributed by atoms with Crippen molar-refractivity contribution in [1.29, 1.82) is 0 Å². The second-order valence-corrected chi connectivity index (χ2v) is 3.22. The van der Waals surface area contributed by atoms with Crippen LogP contribution in [0.1, 0.15) is 32.6 Å². The van der Waals surface area contributed by atoms with E-state index in [0.717, 1.165) is 5.92 Å². The Balaban J connectivity index is 0.000000253. The van der Waals surface area contributed by atoms with Crippen molar-refractivity contribution < 1.29 is 20.1 Å². The van der Waals surface area contributed by atoms with Gasteiger partial charge in [-0.25, -0.2) is 0 Å². The van der Waals surface area contributed by atoms with Gasteiger partial charge in [0.2, 0.25) is 0 Å². The van der Waals surface area contributed by atoms with Crippen molar-refractivity contribution in [3.63, 3.8) is 0 Å². The van der Waals surface area contributed by atoms with Crippen molar-refractivity contribution in [2.75, 3.05) is 0 Å². The molecule has 0 nitrogen and oxygen atoms in total. The minimum Gasteiger partial charge on any atom is -0.0882 e. The van der Waals surface area contributed by atoms with E-state index in [9.17, 15) is 0 Å². The Morgan fingerprint density at radius 3 is 1.33 bits per heavy atom. The van der Waals surface area contributed by atoms with Gasteiger partial charge in [-0.15, -0.1) is 0 Å². The molecule has 0 saturated heterocycles. The van der Waals surface area contributed by atoms with E-state index in [1.807, 2.05) is 6.92 Å². The molecule has 1 fully saturated rings. The maximum absolute atomic E-state index is 2.76. The molecule has 0 atom stereocenters. The first kappa shape index (κ1) is 15.1. The van der Waals surface area contributed by atoms with Gasteiger partial charge in [0.1, 0.15) is 0 Å². The Bertz CT molecular complexity index is 150. The maximum Gasteiger partial charge on any atom is 0 e. The van der Waals surface area contributed by atoms with Crippen LogP contribution in [0.25, 0.3) is 0 Å². The van der Waals surface area contributed by atoms with Gasteiger partial charge in [0.25, 0.3) is 0 Å². The molecule has 0 aliphatic heterocycles. The van der Waals surface area contributed by atoms with Crippen LogP contribution >= 0.6 is 0 Å². The fourth-order valence-electron chi connectivity index (χ4n) is 1.14. The van der Waals surface area contributed by atoms with E-state index in [4.69, 9.17) is 0 Å². The first-order chi connectivity index (χ1) is 6.89. The summed E-state index contributed by atoms with van der Waals surface area (Å²) in [5.41, 5.74) is 0. The second-order valence-electron chi connectivity index (χ2n) is 3.22. The molecule has 10 radical (unpaired) electrons. The number of allylic oxidation sites excluding steroid dienone is 4. The minimum atomic E-state index is 0. The normalized spacial score (nSPS) is 25.1. The molecule has 0 amide bonds. The second kappa shape index (κ2) is 10.6. The molecule has 0 aromatic heterocycles. The first-order valence-electron chi connectivity index (χ1n) is 5.05. The molecular formula is C14H15Ir. The first-order valence-corrected chi connectivity index (χ1v) is 5.05. The van der Waals surface area contributed by atoms with Crippen molar-refractivity contribution >= 4 is 0 Å². The summed E-state index contributed by atoms with van der Waals surface area (Å²) in [6.07, 6.45) is 24.8. The van der Waals surface area contributed by atoms with Crippen LogP contribution < -0.4 is 0 Å². The zero-order valence-corrected chi connectivity index (χ0v) is 11.4. The van der Waals surface area contributed by atoms with Crippen molar-refractivity contribution in [2.45, 2.75) is 32.6 Å². The molecule has 15 heavy (non-hydrogen) atoms. The quantitative estimate of drug-likeness (QED) is 0.568. The van der Waals surface area contributed by atoms with Crippen LogP contribution in [0.4, 0.5) is 0 Å². The Morgan fingerprint density at radius 1 is 0.800 bits per heavy atom. The van der Waals surface area contributed by atoms with Gasteiger partial charge in [-0.1, -0.05) is 31.2 Å². The van der Waals surface area contributed by atoms with Gasteiger partial charge in [-0.05, 0) is 57.3 Å². The number of hydrogen-bond donors (Lipinski definition) is 0.